The highest BCUT2D eigenvalue weighted by atomic mass is 19.1. The van der Waals surface area contributed by atoms with Gasteiger partial charge in [0.1, 0.15) is 5.82 Å². The summed E-state index contributed by atoms with van der Waals surface area (Å²) in [6.45, 7) is 5.15. The molecule has 0 aliphatic carbocycles. The van der Waals surface area contributed by atoms with E-state index in [2.05, 4.69) is 6.58 Å². The topological polar surface area (TPSA) is 37.3 Å². The van der Waals surface area contributed by atoms with Gasteiger partial charge in [0, 0.05) is 5.56 Å². The Balaban J connectivity index is 2.12. The van der Waals surface area contributed by atoms with Crippen molar-refractivity contribution < 1.29 is 14.3 Å². The molecule has 2 rings (SSSR count). The quantitative estimate of drug-likeness (QED) is 0.509. The second-order valence-electron chi connectivity index (χ2n) is 5.01. The van der Waals surface area contributed by atoms with E-state index in [0.29, 0.717) is 11.1 Å². The second-order valence-corrected chi connectivity index (χ2v) is 5.01. The van der Waals surface area contributed by atoms with Gasteiger partial charge >= 0.3 is 0 Å². The lowest BCUT2D eigenvalue weighted by atomic mass is 10.0. The highest BCUT2D eigenvalue weighted by Crippen LogP contribution is 2.16. The molecule has 0 fully saturated rings. The molecule has 22 heavy (non-hydrogen) atoms. The first-order valence-corrected chi connectivity index (χ1v) is 6.90. The summed E-state index contributed by atoms with van der Waals surface area (Å²) in [7, 11) is 0. The van der Waals surface area contributed by atoms with E-state index in [4.69, 9.17) is 0 Å². The van der Waals surface area contributed by atoms with Crippen molar-refractivity contribution in [3.05, 3.63) is 89.3 Å². The van der Waals surface area contributed by atoms with E-state index in [9.17, 15) is 14.3 Å². The molecule has 2 aromatic carbocycles. The smallest absolute Gasteiger partial charge is 0.185 e. The minimum Gasteiger partial charge on any atom is -0.384 e. The Morgan fingerprint density at radius 2 is 1.91 bits per heavy atom. The first-order valence-electron chi connectivity index (χ1n) is 6.90. The molecule has 2 nitrogen and oxygen atoms in total. The third-order valence-electron chi connectivity index (χ3n) is 3.37. The van der Waals surface area contributed by atoms with E-state index in [-0.39, 0.29) is 11.6 Å². The van der Waals surface area contributed by atoms with E-state index < -0.39 is 6.10 Å². The molecule has 0 aliphatic rings. The van der Waals surface area contributed by atoms with E-state index in [1.165, 1.54) is 30.4 Å². The molecule has 0 saturated heterocycles. The molecule has 1 atom stereocenters. The molecule has 0 heterocycles. The number of aryl methyl sites for hydroxylation is 1. The molecule has 3 heteroatoms. The van der Waals surface area contributed by atoms with Gasteiger partial charge in [0.05, 0.1) is 6.10 Å². The van der Waals surface area contributed by atoms with Crippen LogP contribution in [0.1, 0.15) is 33.2 Å². The Morgan fingerprint density at radius 3 is 2.50 bits per heavy atom. The Morgan fingerprint density at radius 1 is 1.23 bits per heavy atom. The highest BCUT2D eigenvalue weighted by Gasteiger charge is 2.05. The molecule has 0 saturated carbocycles. The summed E-state index contributed by atoms with van der Waals surface area (Å²) in [5, 5.41) is 9.61. The number of aliphatic hydroxyl groups excluding tert-OH is 1. The standard InChI is InChI=1S/C19H17FO2/c1-3-18(21)15-7-4-14(5-8-15)6-11-19(22)16-9-10-17(20)13(2)12-16/h3-12,18,21H,1H2,2H3/b11-6+. The Bertz CT molecular complexity index is 715. The van der Waals surface area contributed by atoms with E-state index in [1.54, 1.807) is 25.1 Å². The van der Waals surface area contributed by atoms with Crippen LogP contribution in [-0.2, 0) is 0 Å². The summed E-state index contributed by atoms with van der Waals surface area (Å²) in [5.41, 5.74) is 2.48. The third-order valence-corrected chi connectivity index (χ3v) is 3.37. The molecule has 1 unspecified atom stereocenters. The molecule has 0 aromatic heterocycles. The van der Waals surface area contributed by atoms with Crippen LogP contribution in [0.5, 0.6) is 0 Å². The largest absolute Gasteiger partial charge is 0.384 e. The molecule has 112 valence electrons. The van der Waals surface area contributed by atoms with Gasteiger partial charge in [0.2, 0.25) is 0 Å². The monoisotopic (exact) mass is 296 g/mol. The number of allylic oxidation sites excluding steroid dienone is 1. The number of hydrogen-bond donors (Lipinski definition) is 1. The molecular weight excluding hydrogens is 279 g/mol. The van der Waals surface area contributed by atoms with Crippen LogP contribution in [0.25, 0.3) is 6.08 Å². The summed E-state index contributed by atoms with van der Waals surface area (Å²) in [4.78, 5) is 12.0. The van der Waals surface area contributed by atoms with Gasteiger partial charge in [-0.25, -0.2) is 4.39 Å². The minimum absolute atomic E-state index is 0.182. The third kappa shape index (κ3) is 3.77. The summed E-state index contributed by atoms with van der Waals surface area (Å²) >= 11 is 0. The van der Waals surface area contributed by atoms with Crippen molar-refractivity contribution in [3.63, 3.8) is 0 Å². The molecule has 0 aliphatic heterocycles. The van der Waals surface area contributed by atoms with Gasteiger partial charge in [0.15, 0.2) is 5.78 Å². The fourth-order valence-corrected chi connectivity index (χ4v) is 2.01. The van der Waals surface area contributed by atoms with Crippen molar-refractivity contribution in [2.24, 2.45) is 0 Å². The molecule has 2 aromatic rings. The number of aliphatic hydroxyl groups is 1. The van der Waals surface area contributed by atoms with Crippen LogP contribution in [0, 0.1) is 12.7 Å². The predicted octanol–water partition coefficient (Wildman–Crippen LogP) is 4.25. The van der Waals surface area contributed by atoms with Gasteiger partial charge in [-0.05, 0) is 47.9 Å². The maximum Gasteiger partial charge on any atom is 0.185 e. The lowest BCUT2D eigenvalue weighted by Gasteiger charge is -2.05. The average Bonchev–Trinajstić information content (AvgIpc) is 2.54. The zero-order chi connectivity index (χ0) is 16.1. The van der Waals surface area contributed by atoms with Gasteiger partial charge < -0.3 is 5.11 Å². The number of carbonyl (C=O) groups excluding carboxylic acids is 1. The van der Waals surface area contributed by atoms with Crippen LogP contribution in [0.4, 0.5) is 4.39 Å². The average molecular weight is 296 g/mol. The summed E-state index contributed by atoms with van der Waals surface area (Å²) < 4.78 is 13.2. The van der Waals surface area contributed by atoms with Crippen LogP contribution in [0.3, 0.4) is 0 Å². The number of ketones is 1. The zero-order valence-corrected chi connectivity index (χ0v) is 12.3. The van der Waals surface area contributed by atoms with Crippen molar-refractivity contribution >= 4 is 11.9 Å². The van der Waals surface area contributed by atoms with Crippen molar-refractivity contribution in [3.8, 4) is 0 Å². The lowest BCUT2D eigenvalue weighted by molar-refractivity contribution is 0.104. The molecule has 1 N–H and O–H groups in total. The Labute approximate surface area is 129 Å². The summed E-state index contributed by atoms with van der Waals surface area (Å²) in [6.07, 6.45) is 3.89. The van der Waals surface area contributed by atoms with Gasteiger partial charge in [-0.15, -0.1) is 6.58 Å². The molecular formula is C19H17FO2. The SMILES string of the molecule is C=CC(O)c1ccc(/C=C/C(=O)c2ccc(F)c(C)c2)cc1. The lowest BCUT2D eigenvalue weighted by Crippen LogP contribution is -1.96. The van der Waals surface area contributed by atoms with Crippen molar-refractivity contribution in [2.45, 2.75) is 13.0 Å². The summed E-state index contributed by atoms with van der Waals surface area (Å²) in [6, 6.07) is 11.5. The van der Waals surface area contributed by atoms with Crippen LogP contribution >= 0.6 is 0 Å². The molecule has 0 bridgehead atoms. The fourth-order valence-electron chi connectivity index (χ4n) is 2.01. The Kier molecular flexibility index (Phi) is 5.02. The normalized spacial score (nSPS) is 12.3. The first kappa shape index (κ1) is 15.9. The molecule has 0 amide bonds. The van der Waals surface area contributed by atoms with Crippen molar-refractivity contribution in [1.29, 1.82) is 0 Å². The number of benzene rings is 2. The Hall–Kier alpha value is -2.52. The van der Waals surface area contributed by atoms with Crippen LogP contribution in [0.2, 0.25) is 0 Å². The molecule has 0 spiro atoms. The van der Waals surface area contributed by atoms with E-state index >= 15 is 0 Å². The van der Waals surface area contributed by atoms with Crippen LogP contribution in [0.15, 0.2) is 61.2 Å². The zero-order valence-electron chi connectivity index (χ0n) is 12.3. The molecule has 0 radical (unpaired) electrons. The number of rotatable bonds is 5. The van der Waals surface area contributed by atoms with E-state index in [0.717, 1.165) is 11.1 Å². The minimum atomic E-state index is -0.693. The van der Waals surface area contributed by atoms with Gasteiger partial charge in [-0.2, -0.15) is 0 Å². The van der Waals surface area contributed by atoms with Crippen molar-refractivity contribution in [2.75, 3.05) is 0 Å². The van der Waals surface area contributed by atoms with E-state index in [1.807, 2.05) is 12.1 Å². The fraction of sp³-hybridized carbons (Fsp3) is 0.105. The van der Waals surface area contributed by atoms with Crippen LogP contribution < -0.4 is 0 Å². The second kappa shape index (κ2) is 6.96. The number of hydrogen-bond acceptors (Lipinski definition) is 2. The number of carbonyl (C=O) groups is 1. The predicted molar refractivity (Wildman–Crippen MR) is 86.1 cm³/mol. The van der Waals surface area contributed by atoms with Gasteiger partial charge in [-0.1, -0.05) is 36.4 Å². The van der Waals surface area contributed by atoms with Crippen molar-refractivity contribution in [1.82, 2.24) is 0 Å². The summed E-state index contributed by atoms with van der Waals surface area (Å²) in [5.74, 6) is -0.504. The number of halogens is 1. The van der Waals surface area contributed by atoms with Crippen LogP contribution in [-0.4, -0.2) is 10.9 Å². The first-order chi connectivity index (χ1) is 10.5. The highest BCUT2D eigenvalue weighted by molar-refractivity contribution is 6.06. The van der Waals surface area contributed by atoms with Gasteiger partial charge in [-0.3, -0.25) is 4.79 Å². The van der Waals surface area contributed by atoms with Gasteiger partial charge in [0.25, 0.3) is 0 Å². The maximum absolute atomic E-state index is 13.2. The maximum atomic E-state index is 13.2.